The van der Waals surface area contributed by atoms with Gasteiger partial charge in [0.15, 0.2) is 0 Å². The van der Waals surface area contributed by atoms with Gasteiger partial charge in [0.05, 0.1) is 27.2 Å². The van der Waals surface area contributed by atoms with E-state index in [4.69, 9.17) is 13.3 Å². The molecule has 0 saturated heterocycles. The van der Waals surface area contributed by atoms with Crippen LogP contribution in [-0.4, -0.2) is 96.1 Å². The molecule has 0 bridgehead atoms. The second-order valence-electron chi connectivity index (χ2n) is 19.1. The standard InChI is InChI=1S/C52H107N3O5Si/c1-9-14-16-18-20-22-24-26-28-30-32-34-36-40-45-54(46-41-37-35-33-31-29-27-25-23-21-19-17-15-10-2)52(57)50(6)53-51(56)44-39-38-42-47-55(7,8)48-43-49-61(58-11-3,59-12-4)60-13-5/h50H,9-49H2,1-8H3/p+1. The van der Waals surface area contributed by atoms with Crippen molar-refractivity contribution in [3.8, 4) is 0 Å². The maximum Gasteiger partial charge on any atom is 0.501 e. The van der Waals surface area contributed by atoms with Crippen molar-refractivity contribution in [1.29, 1.82) is 0 Å². The molecule has 0 aliphatic carbocycles. The van der Waals surface area contributed by atoms with Gasteiger partial charge in [0.25, 0.3) is 0 Å². The Morgan fingerprint density at radius 3 is 1.16 bits per heavy atom. The van der Waals surface area contributed by atoms with E-state index in [0.717, 1.165) is 75.2 Å². The van der Waals surface area contributed by atoms with Crippen molar-refractivity contribution in [3.05, 3.63) is 0 Å². The molecule has 0 aliphatic heterocycles. The molecular weight excluding hydrogens is 775 g/mol. The van der Waals surface area contributed by atoms with Gasteiger partial charge in [-0.1, -0.05) is 181 Å². The van der Waals surface area contributed by atoms with Crippen LogP contribution in [0.5, 0.6) is 0 Å². The monoisotopic (exact) mass is 883 g/mol. The second-order valence-corrected chi connectivity index (χ2v) is 21.8. The summed E-state index contributed by atoms with van der Waals surface area (Å²) in [5.74, 6) is 0.105. The molecule has 9 heteroatoms. The number of hydrogen-bond donors (Lipinski definition) is 1. The van der Waals surface area contributed by atoms with Gasteiger partial charge in [-0.2, -0.15) is 0 Å². The third kappa shape index (κ3) is 37.0. The zero-order valence-electron chi connectivity index (χ0n) is 42.5. The first-order valence-corrected chi connectivity index (χ1v) is 28.8. The Bertz CT molecular complexity index is 920. The number of quaternary nitrogens is 1. The predicted molar refractivity (Wildman–Crippen MR) is 265 cm³/mol. The van der Waals surface area contributed by atoms with E-state index in [1.54, 1.807) is 0 Å². The van der Waals surface area contributed by atoms with Crippen molar-refractivity contribution >= 4 is 20.6 Å². The molecule has 61 heavy (non-hydrogen) atoms. The summed E-state index contributed by atoms with van der Waals surface area (Å²) >= 11 is 0. The molecule has 0 rings (SSSR count). The predicted octanol–water partition coefficient (Wildman–Crippen LogP) is 14.4. The lowest BCUT2D eigenvalue weighted by atomic mass is 10.0. The first-order valence-electron chi connectivity index (χ1n) is 26.9. The summed E-state index contributed by atoms with van der Waals surface area (Å²) in [5.41, 5.74) is 0. The van der Waals surface area contributed by atoms with E-state index >= 15 is 0 Å². The zero-order chi connectivity index (χ0) is 45.1. The smallest absolute Gasteiger partial charge is 0.374 e. The number of nitrogens with zero attached hydrogens (tertiary/aromatic N) is 2. The molecule has 0 fully saturated rings. The van der Waals surface area contributed by atoms with Crippen LogP contribution in [-0.2, 0) is 22.9 Å². The average molecular weight is 884 g/mol. The molecule has 0 spiro atoms. The minimum atomic E-state index is -2.61. The van der Waals surface area contributed by atoms with Gasteiger partial charge in [-0.05, 0) is 59.8 Å². The highest BCUT2D eigenvalue weighted by atomic mass is 28.4. The van der Waals surface area contributed by atoms with E-state index in [-0.39, 0.29) is 11.8 Å². The lowest BCUT2D eigenvalue weighted by molar-refractivity contribution is -0.890. The number of hydrogen-bond acceptors (Lipinski definition) is 5. The van der Waals surface area contributed by atoms with Gasteiger partial charge in [0.1, 0.15) is 6.04 Å². The van der Waals surface area contributed by atoms with Crippen LogP contribution in [0.3, 0.4) is 0 Å². The number of nitrogens with one attached hydrogen (secondary N) is 1. The molecule has 1 unspecified atom stereocenters. The first kappa shape index (κ1) is 60.0. The van der Waals surface area contributed by atoms with Crippen molar-refractivity contribution in [2.24, 2.45) is 0 Å². The normalized spacial score (nSPS) is 12.6. The fourth-order valence-corrected chi connectivity index (χ4v) is 11.4. The molecule has 0 heterocycles. The van der Waals surface area contributed by atoms with Crippen LogP contribution in [0.1, 0.15) is 253 Å². The van der Waals surface area contributed by atoms with Crippen molar-refractivity contribution in [1.82, 2.24) is 10.2 Å². The summed E-state index contributed by atoms with van der Waals surface area (Å²) in [6.07, 6.45) is 41.8. The van der Waals surface area contributed by atoms with Crippen molar-refractivity contribution in [3.63, 3.8) is 0 Å². The summed E-state index contributed by atoms with van der Waals surface area (Å²) in [5, 5.41) is 3.08. The van der Waals surface area contributed by atoms with Crippen molar-refractivity contribution < 1.29 is 27.4 Å². The number of amides is 2. The third-order valence-corrected chi connectivity index (χ3v) is 15.8. The minimum absolute atomic E-state index is 0.00612. The molecule has 0 aromatic heterocycles. The SMILES string of the molecule is CCCCCCCCCCCCCCCCN(CCCCCCCCCCCCCCCC)C(=O)C(C)NC(=O)CCCCC[N+](C)(C)CCC[Si](OCC)(OCC)OCC. The Labute approximate surface area is 382 Å². The molecule has 8 nitrogen and oxygen atoms in total. The van der Waals surface area contributed by atoms with E-state index in [1.807, 2.05) is 27.7 Å². The Morgan fingerprint density at radius 1 is 0.475 bits per heavy atom. The van der Waals surface area contributed by atoms with Gasteiger partial charge in [0.2, 0.25) is 11.8 Å². The fourth-order valence-electron chi connectivity index (χ4n) is 8.81. The van der Waals surface area contributed by atoms with Crippen LogP contribution in [0.2, 0.25) is 6.04 Å². The van der Waals surface area contributed by atoms with Crippen LogP contribution < -0.4 is 5.32 Å². The summed E-state index contributed by atoms with van der Waals surface area (Å²) < 4.78 is 19.1. The molecule has 2 amide bonds. The summed E-state index contributed by atoms with van der Waals surface area (Å²) in [7, 11) is 1.97. The quantitative estimate of drug-likeness (QED) is 0.0374. The Hall–Kier alpha value is -1.00. The second kappa shape index (κ2) is 42.9. The van der Waals surface area contributed by atoms with E-state index in [9.17, 15) is 9.59 Å². The Kier molecular flexibility index (Phi) is 42.2. The summed E-state index contributed by atoms with van der Waals surface area (Å²) in [6.45, 7) is 18.1. The third-order valence-electron chi connectivity index (χ3n) is 12.6. The summed E-state index contributed by atoms with van der Waals surface area (Å²) in [4.78, 5) is 28.8. The van der Waals surface area contributed by atoms with E-state index in [0.29, 0.717) is 26.2 Å². The fraction of sp³-hybridized carbons (Fsp3) is 0.962. The maximum atomic E-state index is 13.7. The molecule has 0 aliphatic rings. The highest BCUT2D eigenvalue weighted by Crippen LogP contribution is 2.20. The van der Waals surface area contributed by atoms with E-state index < -0.39 is 14.8 Å². The lowest BCUT2D eigenvalue weighted by Crippen LogP contribution is -2.48. The highest BCUT2D eigenvalue weighted by Gasteiger charge is 2.40. The van der Waals surface area contributed by atoms with Gasteiger partial charge in [-0.3, -0.25) is 9.59 Å². The highest BCUT2D eigenvalue weighted by molar-refractivity contribution is 6.60. The van der Waals surface area contributed by atoms with Gasteiger partial charge in [-0.15, -0.1) is 0 Å². The van der Waals surface area contributed by atoms with Crippen molar-refractivity contribution in [2.45, 2.75) is 266 Å². The van der Waals surface area contributed by atoms with Gasteiger partial charge in [0, 0.05) is 51.8 Å². The molecule has 1 atom stereocenters. The molecule has 0 aromatic carbocycles. The van der Waals surface area contributed by atoms with E-state index in [2.05, 4.69) is 38.2 Å². The number of unbranched alkanes of at least 4 members (excludes halogenated alkanes) is 28. The van der Waals surface area contributed by atoms with E-state index in [1.165, 1.54) is 167 Å². The summed E-state index contributed by atoms with van der Waals surface area (Å²) in [6, 6.07) is 0.375. The van der Waals surface area contributed by atoms with Crippen LogP contribution in [0.15, 0.2) is 0 Å². The maximum absolute atomic E-state index is 13.7. The zero-order valence-corrected chi connectivity index (χ0v) is 43.5. The molecule has 0 aromatic rings. The van der Waals surface area contributed by atoms with Gasteiger partial charge < -0.3 is 28.0 Å². The number of carbonyl (C=O) groups excluding carboxylic acids is 2. The first-order chi connectivity index (χ1) is 29.6. The molecule has 0 radical (unpaired) electrons. The Morgan fingerprint density at radius 2 is 0.803 bits per heavy atom. The van der Waals surface area contributed by atoms with Gasteiger partial charge in [-0.25, -0.2) is 0 Å². The largest absolute Gasteiger partial charge is 0.501 e. The molecule has 364 valence electrons. The topological polar surface area (TPSA) is 77.1 Å². The molecule has 0 saturated carbocycles. The minimum Gasteiger partial charge on any atom is -0.374 e. The average Bonchev–Trinajstić information content (AvgIpc) is 3.22. The molecular formula is C52H108N3O5Si+. The van der Waals surface area contributed by atoms with Crippen molar-refractivity contribution in [2.75, 3.05) is 60.1 Å². The van der Waals surface area contributed by atoms with Crippen LogP contribution in [0.25, 0.3) is 0 Å². The number of carbonyl (C=O) groups is 2. The number of rotatable bonds is 48. The molecule has 1 N–H and O–H groups in total. The lowest BCUT2D eigenvalue weighted by Gasteiger charge is -2.32. The van der Waals surface area contributed by atoms with Crippen LogP contribution >= 0.6 is 0 Å². The van der Waals surface area contributed by atoms with Crippen LogP contribution in [0.4, 0.5) is 0 Å². The Balaban J connectivity index is 4.64. The van der Waals surface area contributed by atoms with Gasteiger partial charge >= 0.3 is 8.80 Å². The van der Waals surface area contributed by atoms with Crippen LogP contribution in [0, 0.1) is 0 Å².